The monoisotopic (exact) mass is 282 g/mol. The first kappa shape index (κ1) is 14.9. The third kappa shape index (κ3) is 3.15. The predicted octanol–water partition coefficient (Wildman–Crippen LogP) is 3.69. The molecule has 21 heavy (non-hydrogen) atoms. The van der Waals surface area contributed by atoms with Crippen LogP contribution >= 0.6 is 0 Å². The quantitative estimate of drug-likeness (QED) is 0.928. The number of aryl methyl sites for hydroxylation is 1. The number of methoxy groups -OCH3 is 1. The van der Waals surface area contributed by atoms with Crippen molar-refractivity contribution in [2.75, 3.05) is 7.11 Å². The summed E-state index contributed by atoms with van der Waals surface area (Å²) in [6, 6.07) is 12.8. The molecule has 0 aliphatic carbocycles. The average molecular weight is 282 g/mol. The van der Waals surface area contributed by atoms with Gasteiger partial charge in [0.1, 0.15) is 17.2 Å². The Morgan fingerprint density at radius 1 is 1.14 bits per heavy atom. The summed E-state index contributed by atoms with van der Waals surface area (Å²) in [7, 11) is 1.60. The molecule has 4 heteroatoms. The van der Waals surface area contributed by atoms with Gasteiger partial charge in [0.15, 0.2) is 0 Å². The molecule has 1 atom stereocenters. The molecule has 2 rings (SSSR count). The van der Waals surface area contributed by atoms with Crippen molar-refractivity contribution in [2.45, 2.75) is 19.9 Å². The van der Waals surface area contributed by atoms with Crippen molar-refractivity contribution in [1.29, 1.82) is 5.26 Å². The molecule has 0 saturated heterocycles. The normalized spacial score (nSPS) is 11.6. The number of ether oxygens (including phenoxy) is 2. The number of hydrogen-bond acceptors (Lipinski definition) is 4. The molecule has 0 saturated carbocycles. The molecular weight excluding hydrogens is 264 g/mol. The molecule has 4 nitrogen and oxygen atoms in total. The van der Waals surface area contributed by atoms with E-state index in [4.69, 9.17) is 20.5 Å². The van der Waals surface area contributed by atoms with Crippen LogP contribution in [0.3, 0.4) is 0 Å². The summed E-state index contributed by atoms with van der Waals surface area (Å²) in [6.07, 6.45) is 0. The van der Waals surface area contributed by atoms with Gasteiger partial charge in [-0.25, -0.2) is 0 Å². The fourth-order valence-electron chi connectivity index (χ4n) is 2.14. The van der Waals surface area contributed by atoms with E-state index in [0.717, 1.165) is 11.1 Å². The SMILES string of the molecule is COc1cccc(Oc2cc(C#N)ccc2C)c1[C@@H](C)N. The maximum atomic E-state index is 9.00. The smallest absolute Gasteiger partial charge is 0.135 e. The minimum Gasteiger partial charge on any atom is -0.496 e. The van der Waals surface area contributed by atoms with Crippen LogP contribution in [-0.4, -0.2) is 7.11 Å². The average Bonchev–Trinajstić information content (AvgIpc) is 2.48. The number of nitriles is 1. The van der Waals surface area contributed by atoms with Crippen LogP contribution in [0.1, 0.15) is 29.7 Å². The lowest BCUT2D eigenvalue weighted by molar-refractivity contribution is 0.397. The molecule has 0 amide bonds. The summed E-state index contributed by atoms with van der Waals surface area (Å²) in [5, 5.41) is 9.00. The van der Waals surface area contributed by atoms with Crippen molar-refractivity contribution in [3.63, 3.8) is 0 Å². The van der Waals surface area contributed by atoms with E-state index in [-0.39, 0.29) is 6.04 Å². The summed E-state index contributed by atoms with van der Waals surface area (Å²) in [6.45, 7) is 3.81. The summed E-state index contributed by atoms with van der Waals surface area (Å²) >= 11 is 0. The first-order valence-electron chi connectivity index (χ1n) is 6.68. The number of nitrogens with two attached hydrogens (primary N) is 1. The molecule has 2 aromatic carbocycles. The molecule has 0 aliphatic rings. The van der Waals surface area contributed by atoms with Crippen LogP contribution in [0.25, 0.3) is 0 Å². The molecule has 0 radical (unpaired) electrons. The molecule has 0 aliphatic heterocycles. The minimum absolute atomic E-state index is 0.226. The Morgan fingerprint density at radius 3 is 2.48 bits per heavy atom. The van der Waals surface area contributed by atoms with E-state index in [2.05, 4.69) is 6.07 Å². The van der Waals surface area contributed by atoms with Crippen molar-refractivity contribution in [3.05, 3.63) is 53.1 Å². The molecule has 2 aromatic rings. The first-order valence-corrected chi connectivity index (χ1v) is 6.68. The Labute approximate surface area is 124 Å². The molecular formula is C17H18N2O2. The summed E-state index contributed by atoms with van der Waals surface area (Å²) in [5.41, 5.74) is 8.34. The topological polar surface area (TPSA) is 68.3 Å². The zero-order chi connectivity index (χ0) is 15.4. The lowest BCUT2D eigenvalue weighted by Gasteiger charge is -2.18. The van der Waals surface area contributed by atoms with Crippen molar-refractivity contribution in [1.82, 2.24) is 0 Å². The molecule has 0 fully saturated rings. The highest BCUT2D eigenvalue weighted by atomic mass is 16.5. The van der Waals surface area contributed by atoms with Gasteiger partial charge in [-0.1, -0.05) is 12.1 Å². The van der Waals surface area contributed by atoms with Gasteiger partial charge in [-0.3, -0.25) is 0 Å². The Balaban J connectivity index is 2.47. The largest absolute Gasteiger partial charge is 0.496 e. The van der Waals surface area contributed by atoms with Crippen LogP contribution in [0.4, 0.5) is 0 Å². The second-order valence-electron chi connectivity index (χ2n) is 4.85. The van der Waals surface area contributed by atoms with Gasteiger partial charge in [-0.05, 0) is 43.7 Å². The predicted molar refractivity (Wildman–Crippen MR) is 81.6 cm³/mol. The lowest BCUT2D eigenvalue weighted by atomic mass is 10.1. The van der Waals surface area contributed by atoms with Crippen LogP contribution < -0.4 is 15.2 Å². The molecule has 0 unspecified atom stereocenters. The molecule has 0 aromatic heterocycles. The van der Waals surface area contributed by atoms with Gasteiger partial charge < -0.3 is 15.2 Å². The third-order valence-corrected chi connectivity index (χ3v) is 3.24. The van der Waals surface area contributed by atoms with Crippen LogP contribution in [0.15, 0.2) is 36.4 Å². The summed E-state index contributed by atoms with van der Waals surface area (Å²) in [4.78, 5) is 0. The maximum Gasteiger partial charge on any atom is 0.135 e. The van der Waals surface area contributed by atoms with Crippen molar-refractivity contribution in [2.24, 2.45) is 5.73 Å². The van der Waals surface area contributed by atoms with E-state index >= 15 is 0 Å². The van der Waals surface area contributed by atoms with E-state index < -0.39 is 0 Å². The third-order valence-electron chi connectivity index (χ3n) is 3.24. The van der Waals surface area contributed by atoms with Gasteiger partial charge in [-0.2, -0.15) is 5.26 Å². The van der Waals surface area contributed by atoms with E-state index in [1.54, 1.807) is 19.2 Å². The Hall–Kier alpha value is -2.51. The highest BCUT2D eigenvalue weighted by Gasteiger charge is 2.15. The molecule has 0 spiro atoms. The lowest BCUT2D eigenvalue weighted by Crippen LogP contribution is -2.09. The van der Waals surface area contributed by atoms with Crippen LogP contribution in [0.5, 0.6) is 17.2 Å². The maximum absolute atomic E-state index is 9.00. The van der Waals surface area contributed by atoms with Gasteiger partial charge in [0.25, 0.3) is 0 Å². The zero-order valence-corrected chi connectivity index (χ0v) is 12.4. The van der Waals surface area contributed by atoms with Gasteiger partial charge in [0.05, 0.1) is 24.3 Å². The van der Waals surface area contributed by atoms with Crippen molar-refractivity contribution >= 4 is 0 Å². The second kappa shape index (κ2) is 6.29. The van der Waals surface area contributed by atoms with Gasteiger partial charge in [0, 0.05) is 6.04 Å². The van der Waals surface area contributed by atoms with Gasteiger partial charge in [-0.15, -0.1) is 0 Å². The van der Waals surface area contributed by atoms with E-state index in [1.165, 1.54) is 0 Å². The number of nitrogens with zero attached hydrogens (tertiary/aromatic N) is 1. The second-order valence-corrected chi connectivity index (χ2v) is 4.85. The fraction of sp³-hybridized carbons (Fsp3) is 0.235. The van der Waals surface area contributed by atoms with Crippen molar-refractivity contribution in [3.8, 4) is 23.3 Å². The van der Waals surface area contributed by atoms with Crippen LogP contribution in [0.2, 0.25) is 0 Å². The van der Waals surface area contributed by atoms with E-state index in [0.29, 0.717) is 22.8 Å². The molecule has 108 valence electrons. The molecule has 0 bridgehead atoms. The Bertz CT molecular complexity index is 688. The first-order chi connectivity index (χ1) is 10.1. The van der Waals surface area contributed by atoms with Gasteiger partial charge >= 0.3 is 0 Å². The molecule has 2 N–H and O–H groups in total. The van der Waals surface area contributed by atoms with Crippen LogP contribution in [-0.2, 0) is 0 Å². The van der Waals surface area contributed by atoms with Crippen molar-refractivity contribution < 1.29 is 9.47 Å². The number of rotatable bonds is 4. The minimum atomic E-state index is -0.226. The fourth-order valence-corrected chi connectivity index (χ4v) is 2.14. The molecule has 0 heterocycles. The number of hydrogen-bond donors (Lipinski definition) is 1. The highest BCUT2D eigenvalue weighted by Crippen LogP contribution is 2.36. The standard InChI is InChI=1S/C17H18N2O2/c1-11-7-8-13(10-18)9-16(11)21-15-6-4-5-14(20-3)17(15)12(2)19/h4-9,12H,19H2,1-3H3/t12-/m1/s1. The number of benzene rings is 2. The van der Waals surface area contributed by atoms with Gasteiger partial charge in [0.2, 0.25) is 0 Å². The summed E-state index contributed by atoms with van der Waals surface area (Å²) in [5.74, 6) is 1.98. The highest BCUT2D eigenvalue weighted by molar-refractivity contribution is 5.50. The van der Waals surface area contributed by atoms with E-state index in [9.17, 15) is 0 Å². The zero-order valence-electron chi connectivity index (χ0n) is 12.4. The summed E-state index contributed by atoms with van der Waals surface area (Å²) < 4.78 is 11.3. The Kier molecular flexibility index (Phi) is 4.46. The Morgan fingerprint density at radius 2 is 1.86 bits per heavy atom. The van der Waals surface area contributed by atoms with E-state index in [1.807, 2.05) is 38.1 Å². The van der Waals surface area contributed by atoms with Crippen LogP contribution in [0, 0.1) is 18.3 Å².